The molecule has 2 aromatic rings. The number of sulfone groups is 1. The van der Waals surface area contributed by atoms with Crippen molar-refractivity contribution in [3.8, 4) is 0 Å². The van der Waals surface area contributed by atoms with Crippen molar-refractivity contribution in [1.82, 2.24) is 4.31 Å². The van der Waals surface area contributed by atoms with Crippen LogP contribution in [0.15, 0.2) is 58.3 Å². The Hall–Kier alpha value is -1.70. The highest BCUT2D eigenvalue weighted by molar-refractivity contribution is 7.93. The van der Waals surface area contributed by atoms with Gasteiger partial charge in [0.05, 0.1) is 4.90 Å². The lowest BCUT2D eigenvalue weighted by Gasteiger charge is -2.31. The SMILES string of the molecule is Cc1ccc(CCC2CCN(S(=O)(=O)c3ccccc3S(C)(=O)=O)CC2)cc1. The van der Waals surface area contributed by atoms with Gasteiger partial charge in [0.15, 0.2) is 9.84 Å². The van der Waals surface area contributed by atoms with Gasteiger partial charge in [-0.05, 0) is 56.2 Å². The number of hydrogen-bond acceptors (Lipinski definition) is 4. The molecule has 1 fully saturated rings. The smallest absolute Gasteiger partial charge is 0.224 e. The van der Waals surface area contributed by atoms with Crippen molar-refractivity contribution in [2.45, 2.75) is 42.4 Å². The molecule has 0 saturated carbocycles. The van der Waals surface area contributed by atoms with Gasteiger partial charge in [-0.3, -0.25) is 0 Å². The van der Waals surface area contributed by atoms with Gasteiger partial charge in [0.25, 0.3) is 0 Å². The zero-order valence-corrected chi connectivity index (χ0v) is 18.0. The van der Waals surface area contributed by atoms with E-state index in [1.807, 2.05) is 0 Å². The first-order chi connectivity index (χ1) is 13.2. The average Bonchev–Trinajstić information content (AvgIpc) is 2.67. The predicted molar refractivity (Wildman–Crippen MR) is 111 cm³/mol. The topological polar surface area (TPSA) is 71.5 Å². The van der Waals surface area contributed by atoms with Crippen LogP contribution in [0, 0.1) is 12.8 Å². The van der Waals surface area contributed by atoms with E-state index in [0.29, 0.717) is 19.0 Å². The Morgan fingerprint density at radius 2 is 1.46 bits per heavy atom. The molecule has 0 radical (unpaired) electrons. The fraction of sp³-hybridized carbons (Fsp3) is 0.429. The Kier molecular flexibility index (Phi) is 6.27. The molecule has 0 atom stereocenters. The molecule has 0 aromatic heterocycles. The number of rotatable bonds is 6. The van der Waals surface area contributed by atoms with Crippen molar-refractivity contribution in [2.75, 3.05) is 19.3 Å². The lowest BCUT2D eigenvalue weighted by Crippen LogP contribution is -2.39. The summed E-state index contributed by atoms with van der Waals surface area (Å²) in [5.74, 6) is 0.484. The van der Waals surface area contributed by atoms with Crippen LogP contribution in [-0.2, 0) is 26.3 Å². The van der Waals surface area contributed by atoms with E-state index in [2.05, 4.69) is 31.2 Å². The van der Waals surface area contributed by atoms with E-state index in [1.165, 1.54) is 27.6 Å². The molecule has 1 aliphatic rings. The third kappa shape index (κ3) is 4.82. The van der Waals surface area contributed by atoms with Crippen LogP contribution in [0.4, 0.5) is 0 Å². The molecule has 152 valence electrons. The molecule has 0 spiro atoms. The monoisotopic (exact) mass is 421 g/mol. The molecule has 5 nitrogen and oxygen atoms in total. The Labute approximate surface area is 168 Å². The van der Waals surface area contributed by atoms with Crippen molar-refractivity contribution < 1.29 is 16.8 Å². The van der Waals surface area contributed by atoms with Crippen molar-refractivity contribution in [1.29, 1.82) is 0 Å². The summed E-state index contributed by atoms with van der Waals surface area (Å²) in [4.78, 5) is -0.243. The summed E-state index contributed by atoms with van der Waals surface area (Å²) < 4.78 is 51.5. The summed E-state index contributed by atoms with van der Waals surface area (Å²) in [7, 11) is -7.43. The highest BCUT2D eigenvalue weighted by Gasteiger charge is 2.32. The third-order valence-electron chi connectivity index (χ3n) is 5.40. The Bertz CT molecular complexity index is 1020. The quantitative estimate of drug-likeness (QED) is 0.716. The largest absolute Gasteiger partial charge is 0.244 e. The molecule has 28 heavy (non-hydrogen) atoms. The molecule has 1 saturated heterocycles. The standard InChI is InChI=1S/C21H27NO4S2/c1-17-7-9-18(10-8-17)11-12-19-13-15-22(16-14-19)28(25,26)21-6-4-3-5-20(21)27(2,23)24/h3-10,19H,11-16H2,1-2H3. The van der Waals surface area contributed by atoms with Gasteiger partial charge < -0.3 is 0 Å². The number of hydrogen-bond donors (Lipinski definition) is 0. The van der Waals surface area contributed by atoms with E-state index >= 15 is 0 Å². The van der Waals surface area contributed by atoms with Gasteiger partial charge in [-0.1, -0.05) is 42.0 Å². The van der Waals surface area contributed by atoms with E-state index in [-0.39, 0.29) is 9.79 Å². The van der Waals surface area contributed by atoms with Crippen LogP contribution in [0.25, 0.3) is 0 Å². The minimum Gasteiger partial charge on any atom is -0.224 e. The molecule has 0 amide bonds. The predicted octanol–water partition coefficient (Wildman–Crippen LogP) is 3.43. The summed E-state index contributed by atoms with van der Waals surface area (Å²) in [5, 5.41) is 0. The van der Waals surface area contributed by atoms with E-state index in [4.69, 9.17) is 0 Å². The molecular weight excluding hydrogens is 394 g/mol. The first kappa shape index (κ1) is 21.0. The summed E-state index contributed by atoms with van der Waals surface area (Å²) in [6.45, 7) is 2.93. The molecule has 0 aliphatic carbocycles. The van der Waals surface area contributed by atoms with E-state index in [1.54, 1.807) is 12.1 Å². The van der Waals surface area contributed by atoms with Crippen molar-refractivity contribution in [2.24, 2.45) is 5.92 Å². The number of aryl methyl sites for hydroxylation is 2. The Morgan fingerprint density at radius 3 is 2.04 bits per heavy atom. The number of benzene rings is 2. The van der Waals surface area contributed by atoms with Gasteiger partial charge in [-0.15, -0.1) is 0 Å². The molecule has 1 heterocycles. The second-order valence-corrected chi connectivity index (χ2v) is 11.5. The third-order valence-corrected chi connectivity index (χ3v) is 8.64. The van der Waals surface area contributed by atoms with Gasteiger partial charge >= 0.3 is 0 Å². The molecule has 3 rings (SSSR count). The maximum Gasteiger partial charge on any atom is 0.244 e. The fourth-order valence-electron chi connectivity index (χ4n) is 3.67. The molecule has 0 N–H and O–H groups in total. The molecule has 7 heteroatoms. The average molecular weight is 422 g/mol. The van der Waals surface area contributed by atoms with Gasteiger partial charge in [-0.2, -0.15) is 4.31 Å². The van der Waals surface area contributed by atoms with Crippen LogP contribution < -0.4 is 0 Å². The van der Waals surface area contributed by atoms with Crippen molar-refractivity contribution >= 4 is 19.9 Å². The highest BCUT2D eigenvalue weighted by Crippen LogP contribution is 2.29. The first-order valence-electron chi connectivity index (χ1n) is 9.53. The van der Waals surface area contributed by atoms with E-state index < -0.39 is 19.9 Å². The molecule has 1 aliphatic heterocycles. The highest BCUT2D eigenvalue weighted by atomic mass is 32.2. The van der Waals surface area contributed by atoms with Crippen LogP contribution in [0.1, 0.15) is 30.4 Å². The number of piperidine rings is 1. The summed E-state index contributed by atoms with van der Waals surface area (Å²) in [6, 6.07) is 14.4. The van der Waals surface area contributed by atoms with E-state index in [0.717, 1.165) is 31.9 Å². The molecule has 0 bridgehead atoms. The van der Waals surface area contributed by atoms with E-state index in [9.17, 15) is 16.8 Å². The van der Waals surface area contributed by atoms with Gasteiger partial charge in [0, 0.05) is 19.3 Å². The van der Waals surface area contributed by atoms with Gasteiger partial charge in [0.2, 0.25) is 10.0 Å². The van der Waals surface area contributed by atoms with Crippen LogP contribution in [-0.4, -0.2) is 40.5 Å². The van der Waals surface area contributed by atoms with Crippen LogP contribution in [0.5, 0.6) is 0 Å². The fourth-order valence-corrected chi connectivity index (χ4v) is 6.74. The normalized spacial score (nSPS) is 16.9. The lowest BCUT2D eigenvalue weighted by molar-refractivity contribution is 0.263. The molecular formula is C21H27NO4S2. The maximum atomic E-state index is 13.0. The minimum atomic E-state index is -3.82. The maximum absolute atomic E-state index is 13.0. The first-order valence-corrected chi connectivity index (χ1v) is 12.9. The Morgan fingerprint density at radius 1 is 0.893 bits per heavy atom. The summed E-state index contributed by atoms with van der Waals surface area (Å²) >= 11 is 0. The Balaban J connectivity index is 1.65. The molecule has 0 unspecified atom stereocenters. The molecule has 2 aromatic carbocycles. The summed E-state index contributed by atoms with van der Waals surface area (Å²) in [6.07, 6.45) is 4.67. The zero-order chi connectivity index (χ0) is 20.4. The van der Waals surface area contributed by atoms with Crippen LogP contribution in [0.2, 0.25) is 0 Å². The summed E-state index contributed by atoms with van der Waals surface area (Å²) in [5.41, 5.74) is 2.55. The van der Waals surface area contributed by atoms with Gasteiger partial charge in [-0.25, -0.2) is 16.8 Å². The van der Waals surface area contributed by atoms with Gasteiger partial charge in [0.1, 0.15) is 4.90 Å². The van der Waals surface area contributed by atoms with Crippen LogP contribution >= 0.6 is 0 Å². The minimum absolute atomic E-state index is 0.115. The second kappa shape index (κ2) is 8.35. The zero-order valence-electron chi connectivity index (χ0n) is 16.3. The van der Waals surface area contributed by atoms with Crippen molar-refractivity contribution in [3.63, 3.8) is 0 Å². The van der Waals surface area contributed by atoms with Crippen molar-refractivity contribution in [3.05, 3.63) is 59.7 Å². The number of nitrogens with zero attached hydrogens (tertiary/aromatic N) is 1. The lowest BCUT2D eigenvalue weighted by atomic mass is 9.91. The second-order valence-electron chi connectivity index (χ2n) is 7.59. The van der Waals surface area contributed by atoms with Crippen LogP contribution in [0.3, 0.4) is 0 Å². The number of sulfonamides is 1.